The molecule has 5 nitrogen and oxygen atoms in total. The van der Waals surface area contributed by atoms with Gasteiger partial charge in [0.25, 0.3) is 5.91 Å². The van der Waals surface area contributed by atoms with Gasteiger partial charge in [-0.3, -0.25) is 9.59 Å². The Hall–Kier alpha value is -2.53. The number of aryl methyl sites for hydroxylation is 2. The molecule has 0 aliphatic carbocycles. The highest BCUT2D eigenvalue weighted by molar-refractivity contribution is 6.30. The lowest BCUT2D eigenvalue weighted by Crippen LogP contribution is -2.49. The number of hydrogen-bond acceptors (Lipinski definition) is 3. The first-order chi connectivity index (χ1) is 14.2. The van der Waals surface area contributed by atoms with Crippen molar-refractivity contribution in [2.75, 3.05) is 13.2 Å². The molecule has 0 unspecified atom stereocenters. The summed E-state index contributed by atoms with van der Waals surface area (Å²) in [5, 5.41) is 3.49. The first kappa shape index (κ1) is 23.7. The highest BCUT2D eigenvalue weighted by Crippen LogP contribution is 2.18. The van der Waals surface area contributed by atoms with E-state index >= 15 is 0 Å². The molecule has 1 N–H and O–H groups in total. The SMILES string of the molecule is Cc1cc(C)cc(OCC(=O)N(Cc2cccc(Cl)c2)[C@H](C)C(=O)NCC(C)C)c1. The second-order valence-electron chi connectivity index (χ2n) is 8.08. The van der Waals surface area contributed by atoms with Crippen molar-refractivity contribution < 1.29 is 14.3 Å². The number of carbonyl (C=O) groups is 2. The van der Waals surface area contributed by atoms with Gasteiger partial charge in [-0.2, -0.15) is 0 Å². The lowest BCUT2D eigenvalue weighted by atomic mass is 10.1. The number of nitrogens with one attached hydrogen (secondary N) is 1. The molecular weight excluding hydrogens is 400 g/mol. The first-order valence-electron chi connectivity index (χ1n) is 10.2. The van der Waals surface area contributed by atoms with Crippen molar-refractivity contribution in [1.82, 2.24) is 10.2 Å². The van der Waals surface area contributed by atoms with Gasteiger partial charge in [0.2, 0.25) is 5.91 Å². The number of ether oxygens (including phenoxy) is 1. The van der Waals surface area contributed by atoms with Crippen LogP contribution in [0.2, 0.25) is 5.02 Å². The number of benzene rings is 2. The summed E-state index contributed by atoms with van der Waals surface area (Å²) in [5.41, 5.74) is 2.98. The van der Waals surface area contributed by atoms with E-state index < -0.39 is 6.04 Å². The van der Waals surface area contributed by atoms with Crippen LogP contribution in [0.4, 0.5) is 0 Å². The van der Waals surface area contributed by atoms with Crippen molar-refractivity contribution >= 4 is 23.4 Å². The van der Waals surface area contributed by atoms with Gasteiger partial charge in [-0.1, -0.05) is 43.6 Å². The number of carbonyl (C=O) groups excluding carboxylic acids is 2. The molecular formula is C24H31ClN2O3. The van der Waals surface area contributed by atoms with Gasteiger partial charge in [-0.05, 0) is 67.6 Å². The maximum Gasteiger partial charge on any atom is 0.261 e. The number of halogens is 1. The highest BCUT2D eigenvalue weighted by Gasteiger charge is 2.26. The molecule has 0 saturated carbocycles. The number of amides is 2. The monoisotopic (exact) mass is 430 g/mol. The van der Waals surface area contributed by atoms with Gasteiger partial charge >= 0.3 is 0 Å². The van der Waals surface area contributed by atoms with E-state index in [0.717, 1.165) is 16.7 Å². The fourth-order valence-electron chi connectivity index (χ4n) is 3.11. The van der Waals surface area contributed by atoms with E-state index in [1.54, 1.807) is 19.1 Å². The summed E-state index contributed by atoms with van der Waals surface area (Å²) in [7, 11) is 0. The van der Waals surface area contributed by atoms with Crippen LogP contribution in [0.3, 0.4) is 0 Å². The lowest BCUT2D eigenvalue weighted by Gasteiger charge is -2.29. The highest BCUT2D eigenvalue weighted by atomic mass is 35.5. The molecule has 2 amide bonds. The zero-order chi connectivity index (χ0) is 22.3. The van der Waals surface area contributed by atoms with Crippen LogP contribution in [0, 0.1) is 19.8 Å². The van der Waals surface area contributed by atoms with Crippen LogP contribution in [0.25, 0.3) is 0 Å². The molecule has 30 heavy (non-hydrogen) atoms. The fourth-order valence-corrected chi connectivity index (χ4v) is 3.32. The number of hydrogen-bond donors (Lipinski definition) is 1. The van der Waals surface area contributed by atoms with Gasteiger partial charge in [-0.15, -0.1) is 0 Å². The standard InChI is InChI=1S/C24H31ClN2O3/c1-16(2)13-26-24(29)19(5)27(14-20-7-6-8-21(25)12-20)23(28)15-30-22-10-17(3)9-18(4)11-22/h6-12,16,19H,13-15H2,1-5H3,(H,26,29)/t19-/m1/s1. The topological polar surface area (TPSA) is 58.6 Å². The van der Waals surface area contributed by atoms with E-state index in [-0.39, 0.29) is 25.0 Å². The third kappa shape index (κ3) is 7.38. The first-order valence-corrected chi connectivity index (χ1v) is 10.6. The average molecular weight is 431 g/mol. The van der Waals surface area contributed by atoms with E-state index in [4.69, 9.17) is 16.3 Å². The van der Waals surface area contributed by atoms with Gasteiger partial charge in [0, 0.05) is 18.1 Å². The molecule has 0 heterocycles. The summed E-state index contributed by atoms with van der Waals surface area (Å²) in [6, 6.07) is 12.5. The smallest absolute Gasteiger partial charge is 0.261 e. The molecule has 2 aromatic carbocycles. The Morgan fingerprint density at radius 3 is 2.33 bits per heavy atom. The van der Waals surface area contributed by atoms with E-state index in [9.17, 15) is 9.59 Å². The lowest BCUT2D eigenvalue weighted by molar-refractivity contribution is -0.142. The predicted octanol–water partition coefficient (Wildman–Crippen LogP) is 4.53. The van der Waals surface area contributed by atoms with Gasteiger partial charge < -0.3 is 15.0 Å². The summed E-state index contributed by atoms with van der Waals surface area (Å²) >= 11 is 6.10. The fraction of sp³-hybridized carbons (Fsp3) is 0.417. The molecule has 162 valence electrons. The zero-order valence-electron chi connectivity index (χ0n) is 18.4. The molecule has 0 aliphatic heterocycles. The summed E-state index contributed by atoms with van der Waals surface area (Å²) in [5.74, 6) is 0.512. The van der Waals surface area contributed by atoms with Crippen LogP contribution in [0.5, 0.6) is 5.75 Å². The van der Waals surface area contributed by atoms with Crippen LogP contribution >= 0.6 is 11.6 Å². The van der Waals surface area contributed by atoms with Crippen molar-refractivity contribution in [2.45, 2.75) is 47.2 Å². The van der Waals surface area contributed by atoms with Crippen molar-refractivity contribution in [3.63, 3.8) is 0 Å². The Balaban J connectivity index is 2.15. The van der Waals surface area contributed by atoms with Crippen LogP contribution in [-0.4, -0.2) is 35.9 Å². The van der Waals surface area contributed by atoms with E-state index in [1.165, 1.54) is 4.90 Å². The van der Waals surface area contributed by atoms with E-state index in [0.29, 0.717) is 23.2 Å². The maximum atomic E-state index is 13.0. The molecule has 0 saturated heterocycles. The molecule has 0 bridgehead atoms. The largest absolute Gasteiger partial charge is 0.484 e. The van der Waals surface area contributed by atoms with Gasteiger partial charge in [0.05, 0.1) is 0 Å². The number of rotatable bonds is 9. The third-order valence-electron chi connectivity index (χ3n) is 4.65. The van der Waals surface area contributed by atoms with Crippen molar-refractivity contribution in [2.24, 2.45) is 5.92 Å². The molecule has 0 fully saturated rings. The van der Waals surface area contributed by atoms with E-state index in [1.807, 2.05) is 58.0 Å². The van der Waals surface area contributed by atoms with Gasteiger partial charge in [0.1, 0.15) is 11.8 Å². The molecule has 0 radical (unpaired) electrons. The van der Waals surface area contributed by atoms with Gasteiger partial charge in [0.15, 0.2) is 6.61 Å². The summed E-state index contributed by atoms with van der Waals surface area (Å²) in [6.07, 6.45) is 0. The van der Waals surface area contributed by atoms with Crippen LogP contribution < -0.4 is 10.1 Å². The minimum Gasteiger partial charge on any atom is -0.484 e. The zero-order valence-corrected chi connectivity index (χ0v) is 19.1. The predicted molar refractivity (Wildman–Crippen MR) is 121 cm³/mol. The minimum absolute atomic E-state index is 0.148. The van der Waals surface area contributed by atoms with Crippen LogP contribution in [0.15, 0.2) is 42.5 Å². The molecule has 2 aromatic rings. The molecule has 1 atom stereocenters. The minimum atomic E-state index is -0.641. The molecule has 0 aromatic heterocycles. The third-order valence-corrected chi connectivity index (χ3v) is 4.89. The molecule has 6 heteroatoms. The Kier molecular flexibility index (Phi) is 8.72. The Morgan fingerprint density at radius 2 is 1.73 bits per heavy atom. The number of nitrogens with zero attached hydrogens (tertiary/aromatic N) is 1. The second-order valence-corrected chi connectivity index (χ2v) is 8.52. The Labute approximate surface area is 184 Å². The van der Waals surface area contributed by atoms with Crippen LogP contribution in [0.1, 0.15) is 37.5 Å². The quantitative estimate of drug-likeness (QED) is 0.636. The summed E-state index contributed by atoms with van der Waals surface area (Å²) < 4.78 is 5.75. The Morgan fingerprint density at radius 1 is 1.07 bits per heavy atom. The normalized spacial score (nSPS) is 11.8. The van der Waals surface area contributed by atoms with E-state index in [2.05, 4.69) is 5.32 Å². The summed E-state index contributed by atoms with van der Waals surface area (Å²) in [4.78, 5) is 27.2. The van der Waals surface area contributed by atoms with Gasteiger partial charge in [-0.25, -0.2) is 0 Å². The van der Waals surface area contributed by atoms with Crippen LogP contribution in [-0.2, 0) is 16.1 Å². The van der Waals surface area contributed by atoms with Crippen molar-refractivity contribution in [3.05, 3.63) is 64.2 Å². The maximum absolute atomic E-state index is 13.0. The Bertz CT molecular complexity index is 862. The van der Waals surface area contributed by atoms with Crippen molar-refractivity contribution in [1.29, 1.82) is 0 Å². The summed E-state index contributed by atoms with van der Waals surface area (Å²) in [6.45, 7) is 10.4. The molecule has 0 aliphatic rings. The molecule has 2 rings (SSSR count). The molecule has 0 spiro atoms. The second kappa shape index (κ2) is 11.0. The van der Waals surface area contributed by atoms with Crippen molar-refractivity contribution in [3.8, 4) is 5.75 Å². The average Bonchev–Trinajstić information content (AvgIpc) is 2.67.